The van der Waals surface area contributed by atoms with Crippen LogP contribution in [-0.2, 0) is 9.59 Å². The van der Waals surface area contributed by atoms with Gasteiger partial charge in [-0.05, 0) is 60.7 Å². The zero-order chi connectivity index (χ0) is 21.1. The number of hydrogen-bond donors (Lipinski definition) is 2. The molecule has 0 bridgehead atoms. The third kappa shape index (κ3) is 4.36. The van der Waals surface area contributed by atoms with Crippen LogP contribution in [0.5, 0.6) is 0 Å². The number of amides is 3. The topological polar surface area (TPSA) is 81.8 Å². The highest BCUT2D eigenvalue weighted by molar-refractivity contribution is 7.80. The molecule has 0 aliphatic carbocycles. The molecule has 1 saturated heterocycles. The van der Waals surface area contributed by atoms with Crippen LogP contribution in [0.15, 0.2) is 48.5 Å². The molecule has 10 heteroatoms. The van der Waals surface area contributed by atoms with E-state index in [2.05, 4.69) is 10.7 Å². The van der Waals surface area contributed by atoms with Crippen molar-refractivity contribution >= 4 is 52.3 Å². The van der Waals surface area contributed by atoms with Gasteiger partial charge in [-0.15, -0.1) is 0 Å². The number of hydrazine groups is 1. The van der Waals surface area contributed by atoms with Gasteiger partial charge in [-0.25, -0.2) is 9.40 Å². The minimum Gasteiger partial charge on any atom is -0.359 e. The van der Waals surface area contributed by atoms with E-state index in [0.717, 1.165) is 4.90 Å². The third-order valence-corrected chi connectivity index (χ3v) is 4.92. The van der Waals surface area contributed by atoms with E-state index in [4.69, 9.17) is 23.8 Å². The molecule has 1 atom stereocenters. The van der Waals surface area contributed by atoms with Crippen LogP contribution >= 0.6 is 23.8 Å². The molecule has 0 aromatic heterocycles. The molecule has 0 spiro atoms. The van der Waals surface area contributed by atoms with Gasteiger partial charge in [-0.3, -0.25) is 24.7 Å². The standard InChI is InChI=1S/C19H16ClFN4O3S/c1-22-16(26)10-15-18(28)24(14-8-6-13(21)7-9-14)19(29)25(15)23-17(27)11-2-4-12(20)5-3-11/h2-9,15H,10H2,1H3,(H,22,26)(H,23,27)/t15-/m1/s1. The van der Waals surface area contributed by atoms with E-state index < -0.39 is 29.6 Å². The normalized spacial score (nSPS) is 16.2. The Labute approximate surface area is 176 Å². The summed E-state index contributed by atoms with van der Waals surface area (Å²) in [7, 11) is 1.44. The van der Waals surface area contributed by atoms with Crippen LogP contribution < -0.4 is 15.6 Å². The lowest BCUT2D eigenvalue weighted by molar-refractivity contribution is -0.127. The number of thiocarbonyl (C=S) groups is 1. The van der Waals surface area contributed by atoms with Crippen molar-refractivity contribution in [2.45, 2.75) is 12.5 Å². The largest absolute Gasteiger partial charge is 0.359 e. The van der Waals surface area contributed by atoms with Crippen molar-refractivity contribution in [3.8, 4) is 0 Å². The van der Waals surface area contributed by atoms with Crippen LogP contribution in [0.3, 0.4) is 0 Å². The average Bonchev–Trinajstić information content (AvgIpc) is 2.93. The molecule has 3 amide bonds. The molecule has 0 saturated carbocycles. The summed E-state index contributed by atoms with van der Waals surface area (Å²) in [5.41, 5.74) is 3.20. The quantitative estimate of drug-likeness (QED) is 0.705. The number of nitrogens with zero attached hydrogens (tertiary/aromatic N) is 2. The predicted molar refractivity (Wildman–Crippen MR) is 110 cm³/mol. The van der Waals surface area contributed by atoms with Crippen molar-refractivity contribution in [3.05, 3.63) is 64.9 Å². The maximum Gasteiger partial charge on any atom is 0.269 e. The molecule has 150 valence electrons. The van der Waals surface area contributed by atoms with Crippen molar-refractivity contribution in [1.29, 1.82) is 0 Å². The minimum absolute atomic E-state index is 0.0298. The second-order valence-corrected chi connectivity index (χ2v) is 6.95. The van der Waals surface area contributed by atoms with E-state index in [0.29, 0.717) is 16.3 Å². The third-order valence-electron chi connectivity index (χ3n) is 4.29. The molecular weight excluding hydrogens is 419 g/mol. The fourth-order valence-electron chi connectivity index (χ4n) is 2.78. The van der Waals surface area contributed by atoms with Gasteiger partial charge in [0.15, 0.2) is 0 Å². The number of carbonyl (C=O) groups excluding carboxylic acids is 3. The molecule has 2 aromatic rings. The Kier molecular flexibility index (Phi) is 6.09. The molecule has 1 aliphatic heterocycles. The van der Waals surface area contributed by atoms with Gasteiger partial charge in [0.05, 0.1) is 12.1 Å². The zero-order valence-electron chi connectivity index (χ0n) is 15.2. The maximum absolute atomic E-state index is 13.3. The maximum atomic E-state index is 13.3. The zero-order valence-corrected chi connectivity index (χ0v) is 16.8. The van der Waals surface area contributed by atoms with E-state index in [9.17, 15) is 18.8 Å². The fraction of sp³-hybridized carbons (Fsp3) is 0.158. The van der Waals surface area contributed by atoms with Gasteiger partial charge in [-0.1, -0.05) is 11.6 Å². The molecule has 0 unspecified atom stereocenters. The molecule has 1 fully saturated rings. The van der Waals surface area contributed by atoms with Gasteiger partial charge in [0, 0.05) is 17.6 Å². The summed E-state index contributed by atoms with van der Waals surface area (Å²) in [6.45, 7) is 0. The van der Waals surface area contributed by atoms with Crippen LogP contribution in [0, 0.1) is 5.82 Å². The van der Waals surface area contributed by atoms with Gasteiger partial charge < -0.3 is 5.32 Å². The van der Waals surface area contributed by atoms with Crippen molar-refractivity contribution in [2.75, 3.05) is 11.9 Å². The van der Waals surface area contributed by atoms with Crippen LogP contribution in [0.25, 0.3) is 0 Å². The van der Waals surface area contributed by atoms with Crippen LogP contribution in [-0.4, -0.2) is 40.9 Å². The highest BCUT2D eigenvalue weighted by Gasteiger charge is 2.45. The van der Waals surface area contributed by atoms with E-state index in [1.165, 1.54) is 48.5 Å². The summed E-state index contributed by atoms with van der Waals surface area (Å²) in [6.07, 6.45) is -0.228. The lowest BCUT2D eigenvalue weighted by atomic mass is 10.2. The van der Waals surface area contributed by atoms with Gasteiger partial charge in [0.2, 0.25) is 11.0 Å². The predicted octanol–water partition coefficient (Wildman–Crippen LogP) is 2.26. The van der Waals surface area contributed by atoms with E-state index in [-0.39, 0.29) is 11.5 Å². The lowest BCUT2D eigenvalue weighted by Crippen LogP contribution is -2.50. The lowest BCUT2D eigenvalue weighted by Gasteiger charge is -2.24. The Morgan fingerprint density at radius 1 is 1.14 bits per heavy atom. The first-order valence-corrected chi connectivity index (χ1v) is 9.30. The Bertz CT molecular complexity index is 968. The fourth-order valence-corrected chi connectivity index (χ4v) is 3.27. The minimum atomic E-state index is -1.05. The van der Waals surface area contributed by atoms with Crippen molar-refractivity contribution in [1.82, 2.24) is 15.8 Å². The summed E-state index contributed by atoms with van der Waals surface area (Å²) < 4.78 is 13.3. The summed E-state index contributed by atoms with van der Waals surface area (Å²) in [4.78, 5) is 38.7. The average molecular weight is 435 g/mol. The molecule has 1 aliphatic rings. The second-order valence-electron chi connectivity index (χ2n) is 6.14. The van der Waals surface area contributed by atoms with Gasteiger partial charge in [0.1, 0.15) is 11.9 Å². The Morgan fingerprint density at radius 2 is 1.76 bits per heavy atom. The number of carbonyl (C=O) groups is 3. The summed E-state index contributed by atoms with van der Waals surface area (Å²) in [5, 5.41) is 4.05. The summed E-state index contributed by atoms with van der Waals surface area (Å²) in [5.74, 6) is -1.92. The van der Waals surface area contributed by atoms with E-state index >= 15 is 0 Å². The van der Waals surface area contributed by atoms with Crippen LogP contribution in [0.4, 0.5) is 10.1 Å². The van der Waals surface area contributed by atoms with E-state index in [1.807, 2.05) is 0 Å². The summed E-state index contributed by atoms with van der Waals surface area (Å²) >= 11 is 11.2. The molecule has 2 N–H and O–H groups in total. The molecular formula is C19H16ClFN4O3S. The van der Waals surface area contributed by atoms with Gasteiger partial charge >= 0.3 is 0 Å². The van der Waals surface area contributed by atoms with E-state index in [1.54, 1.807) is 12.1 Å². The molecule has 29 heavy (non-hydrogen) atoms. The molecule has 1 heterocycles. The summed E-state index contributed by atoms with van der Waals surface area (Å²) in [6, 6.07) is 10.2. The first-order chi connectivity index (χ1) is 13.8. The molecule has 2 aromatic carbocycles. The molecule has 3 rings (SSSR count). The highest BCUT2D eigenvalue weighted by atomic mass is 35.5. The number of anilines is 1. The second kappa shape index (κ2) is 8.54. The SMILES string of the molecule is CNC(=O)C[C@@H]1C(=O)N(c2ccc(F)cc2)C(=S)N1NC(=O)c1ccc(Cl)cc1. The Morgan fingerprint density at radius 3 is 2.34 bits per heavy atom. The van der Waals surface area contributed by atoms with Crippen molar-refractivity contribution < 1.29 is 18.8 Å². The number of hydrogen-bond acceptors (Lipinski definition) is 4. The van der Waals surface area contributed by atoms with Crippen molar-refractivity contribution in [3.63, 3.8) is 0 Å². The highest BCUT2D eigenvalue weighted by Crippen LogP contribution is 2.26. The number of benzene rings is 2. The van der Waals surface area contributed by atoms with Crippen LogP contribution in [0.1, 0.15) is 16.8 Å². The molecule has 0 radical (unpaired) electrons. The number of nitrogens with one attached hydrogen (secondary N) is 2. The number of halogens is 2. The van der Waals surface area contributed by atoms with Crippen molar-refractivity contribution in [2.24, 2.45) is 0 Å². The first-order valence-electron chi connectivity index (χ1n) is 8.51. The first kappa shape index (κ1) is 20.7. The van der Waals surface area contributed by atoms with Gasteiger partial charge in [0.25, 0.3) is 11.8 Å². The van der Waals surface area contributed by atoms with Gasteiger partial charge in [-0.2, -0.15) is 0 Å². The molecule has 7 nitrogen and oxygen atoms in total. The Balaban J connectivity index is 1.90. The smallest absolute Gasteiger partial charge is 0.269 e. The number of rotatable bonds is 5. The Hall–Kier alpha value is -3.04. The van der Waals surface area contributed by atoms with Crippen LogP contribution in [0.2, 0.25) is 5.02 Å². The monoisotopic (exact) mass is 434 g/mol.